The summed E-state index contributed by atoms with van der Waals surface area (Å²) in [6.07, 6.45) is 9.84. The predicted octanol–water partition coefficient (Wildman–Crippen LogP) is 5.31. The van der Waals surface area contributed by atoms with Gasteiger partial charge in [0.05, 0.1) is 12.7 Å². The van der Waals surface area contributed by atoms with Gasteiger partial charge in [0.2, 0.25) is 0 Å². The van der Waals surface area contributed by atoms with Gasteiger partial charge in [0.25, 0.3) is 0 Å². The van der Waals surface area contributed by atoms with E-state index in [1.54, 1.807) is 0 Å². The number of ether oxygens (including phenoxy) is 1. The lowest BCUT2D eigenvalue weighted by Crippen LogP contribution is -2.67. The normalized spacial score (nSPS) is 45.6. The van der Waals surface area contributed by atoms with E-state index in [0.717, 1.165) is 19.3 Å². The molecule has 4 saturated carbocycles. The summed E-state index contributed by atoms with van der Waals surface area (Å²) in [6, 6.07) is 0. The molecule has 10 atom stereocenters. The summed E-state index contributed by atoms with van der Waals surface area (Å²) < 4.78 is 5.17. The minimum absolute atomic E-state index is 0.00230. The first-order valence-corrected chi connectivity index (χ1v) is 14.0. The van der Waals surface area contributed by atoms with E-state index in [0.29, 0.717) is 55.0 Å². The Bertz CT molecular complexity index is 780. The third-order valence-electron chi connectivity index (χ3n) is 11.3. The Morgan fingerprint density at radius 1 is 1.09 bits per heavy atom. The first-order chi connectivity index (χ1) is 15.9. The van der Waals surface area contributed by atoms with Gasteiger partial charge < -0.3 is 14.9 Å². The van der Waals surface area contributed by atoms with Crippen molar-refractivity contribution in [1.82, 2.24) is 0 Å². The average Bonchev–Trinajstić information content (AvgIpc) is 3.12. The second kappa shape index (κ2) is 9.50. The molecule has 0 saturated heterocycles. The Kier molecular flexibility index (Phi) is 7.30. The molecule has 5 unspecified atom stereocenters. The maximum absolute atomic E-state index is 13.4. The van der Waals surface area contributed by atoms with E-state index in [1.165, 1.54) is 39.0 Å². The van der Waals surface area contributed by atoms with Crippen molar-refractivity contribution in [2.75, 3.05) is 6.61 Å². The molecule has 4 aliphatic carbocycles. The number of fused-ring (bicyclic) bond motifs is 5. The highest BCUT2D eigenvalue weighted by Gasteiger charge is 2.67. The SMILES string of the molecule is CC(=O)OCC(C)CCCC(C)[C@H]1CCC2C3CC(=O)[C@@]4(O)C[C@@H](O)CC[C@]4(C)C3CC[C@@]21C. The molecule has 194 valence electrons. The summed E-state index contributed by atoms with van der Waals surface area (Å²) in [5, 5.41) is 21.8. The molecule has 0 aromatic rings. The molecular formula is C29H48O5. The minimum Gasteiger partial charge on any atom is -0.466 e. The highest BCUT2D eigenvalue weighted by Crippen LogP contribution is 2.68. The number of ketones is 1. The van der Waals surface area contributed by atoms with Crippen LogP contribution in [-0.2, 0) is 14.3 Å². The molecule has 0 amide bonds. The van der Waals surface area contributed by atoms with E-state index in [9.17, 15) is 19.8 Å². The Hall–Kier alpha value is -0.940. The van der Waals surface area contributed by atoms with Crippen LogP contribution in [0.1, 0.15) is 105 Å². The monoisotopic (exact) mass is 476 g/mol. The van der Waals surface area contributed by atoms with Crippen LogP contribution in [0.15, 0.2) is 0 Å². The van der Waals surface area contributed by atoms with Gasteiger partial charge >= 0.3 is 5.97 Å². The van der Waals surface area contributed by atoms with E-state index in [4.69, 9.17) is 4.74 Å². The summed E-state index contributed by atoms with van der Waals surface area (Å²) >= 11 is 0. The van der Waals surface area contributed by atoms with Gasteiger partial charge in [-0.1, -0.05) is 40.5 Å². The quantitative estimate of drug-likeness (QED) is 0.487. The molecule has 0 spiro atoms. The zero-order chi connectivity index (χ0) is 24.9. The second-order valence-corrected chi connectivity index (χ2v) is 13.2. The standard InChI is InChI=1S/C29H48O5/c1-18(17-34-20(3)30)7-6-8-19(2)23-9-10-24-22-15-26(32)29(33)16-21(31)11-14-28(29,5)25(22)12-13-27(23,24)4/h18-19,21-25,31,33H,6-17H2,1-5H3/t18?,19?,21-,22?,23+,24?,25?,27+,28+,29-/m0/s1. The smallest absolute Gasteiger partial charge is 0.302 e. The van der Waals surface area contributed by atoms with Crippen LogP contribution in [0.25, 0.3) is 0 Å². The Labute approximate surface area is 206 Å². The molecule has 0 radical (unpaired) electrons. The number of Topliss-reactive ketones (excluding diaryl/α,β-unsaturated/α-hetero) is 1. The summed E-state index contributed by atoms with van der Waals surface area (Å²) in [4.78, 5) is 24.4. The highest BCUT2D eigenvalue weighted by atomic mass is 16.5. The Balaban J connectivity index is 1.41. The van der Waals surface area contributed by atoms with Crippen LogP contribution in [0.2, 0.25) is 0 Å². The molecule has 4 aliphatic rings. The van der Waals surface area contributed by atoms with E-state index in [-0.39, 0.29) is 23.6 Å². The average molecular weight is 477 g/mol. The van der Waals surface area contributed by atoms with Crippen molar-refractivity contribution >= 4 is 11.8 Å². The van der Waals surface area contributed by atoms with Gasteiger partial charge in [-0.15, -0.1) is 0 Å². The van der Waals surface area contributed by atoms with Crippen molar-refractivity contribution in [2.24, 2.45) is 46.3 Å². The van der Waals surface area contributed by atoms with Crippen molar-refractivity contribution in [2.45, 2.75) is 117 Å². The van der Waals surface area contributed by atoms with Crippen LogP contribution < -0.4 is 0 Å². The molecule has 0 aromatic heterocycles. The first-order valence-electron chi connectivity index (χ1n) is 14.0. The third kappa shape index (κ3) is 4.27. The summed E-state index contributed by atoms with van der Waals surface area (Å²) in [5.41, 5.74) is -1.45. The van der Waals surface area contributed by atoms with Crippen LogP contribution in [0, 0.1) is 46.3 Å². The van der Waals surface area contributed by atoms with Crippen LogP contribution >= 0.6 is 0 Å². The largest absolute Gasteiger partial charge is 0.466 e. The third-order valence-corrected chi connectivity index (χ3v) is 11.3. The van der Waals surface area contributed by atoms with Crippen LogP contribution in [0.4, 0.5) is 0 Å². The number of hydrogen-bond acceptors (Lipinski definition) is 5. The molecule has 4 fully saturated rings. The van der Waals surface area contributed by atoms with Crippen LogP contribution in [-0.4, -0.2) is 40.3 Å². The Morgan fingerprint density at radius 3 is 2.53 bits per heavy atom. The van der Waals surface area contributed by atoms with Gasteiger partial charge in [0, 0.05) is 25.2 Å². The summed E-state index contributed by atoms with van der Waals surface area (Å²) in [6.45, 7) is 11.2. The van der Waals surface area contributed by atoms with Crippen molar-refractivity contribution in [3.8, 4) is 0 Å². The molecule has 4 rings (SSSR count). The van der Waals surface area contributed by atoms with Gasteiger partial charge in [-0.25, -0.2) is 0 Å². The zero-order valence-electron chi connectivity index (χ0n) is 22.1. The second-order valence-electron chi connectivity index (χ2n) is 13.2. The highest BCUT2D eigenvalue weighted by molar-refractivity contribution is 5.89. The topological polar surface area (TPSA) is 83.8 Å². The lowest BCUT2D eigenvalue weighted by Gasteiger charge is -2.63. The van der Waals surface area contributed by atoms with Crippen molar-refractivity contribution in [3.05, 3.63) is 0 Å². The number of aliphatic hydroxyl groups excluding tert-OH is 1. The number of carbonyl (C=O) groups is 2. The number of aliphatic hydroxyl groups is 2. The van der Waals surface area contributed by atoms with E-state index in [1.807, 2.05) is 0 Å². The summed E-state index contributed by atoms with van der Waals surface area (Å²) in [7, 11) is 0. The van der Waals surface area contributed by atoms with Gasteiger partial charge in [-0.3, -0.25) is 9.59 Å². The molecule has 34 heavy (non-hydrogen) atoms. The predicted molar refractivity (Wildman–Crippen MR) is 132 cm³/mol. The fraction of sp³-hybridized carbons (Fsp3) is 0.931. The lowest BCUT2D eigenvalue weighted by atomic mass is 9.42. The van der Waals surface area contributed by atoms with Crippen LogP contribution in [0.3, 0.4) is 0 Å². The molecule has 0 aromatic carbocycles. The lowest BCUT2D eigenvalue weighted by molar-refractivity contribution is -0.213. The van der Waals surface area contributed by atoms with Gasteiger partial charge in [0.15, 0.2) is 5.78 Å². The Morgan fingerprint density at radius 2 is 1.82 bits per heavy atom. The van der Waals surface area contributed by atoms with E-state index >= 15 is 0 Å². The fourth-order valence-corrected chi connectivity index (χ4v) is 9.33. The first kappa shape index (κ1) is 26.1. The number of rotatable bonds is 7. The molecule has 0 heterocycles. The minimum atomic E-state index is -1.34. The molecule has 5 heteroatoms. The van der Waals surface area contributed by atoms with Gasteiger partial charge in [-0.2, -0.15) is 0 Å². The number of hydrogen-bond donors (Lipinski definition) is 2. The molecular weight excluding hydrogens is 428 g/mol. The molecule has 0 bridgehead atoms. The fourth-order valence-electron chi connectivity index (χ4n) is 9.33. The van der Waals surface area contributed by atoms with E-state index < -0.39 is 17.1 Å². The maximum Gasteiger partial charge on any atom is 0.302 e. The molecule has 5 nitrogen and oxygen atoms in total. The number of esters is 1. The van der Waals surface area contributed by atoms with Gasteiger partial charge in [-0.05, 0) is 85.9 Å². The van der Waals surface area contributed by atoms with Crippen molar-refractivity contribution in [3.63, 3.8) is 0 Å². The van der Waals surface area contributed by atoms with Crippen molar-refractivity contribution in [1.29, 1.82) is 0 Å². The van der Waals surface area contributed by atoms with Crippen molar-refractivity contribution < 1.29 is 24.5 Å². The number of carbonyl (C=O) groups excluding carboxylic acids is 2. The molecule has 2 N–H and O–H groups in total. The van der Waals surface area contributed by atoms with E-state index in [2.05, 4.69) is 27.7 Å². The molecule has 0 aliphatic heterocycles. The summed E-state index contributed by atoms with van der Waals surface area (Å²) in [5.74, 6) is 2.89. The van der Waals surface area contributed by atoms with Crippen LogP contribution in [0.5, 0.6) is 0 Å². The zero-order valence-corrected chi connectivity index (χ0v) is 22.1. The van der Waals surface area contributed by atoms with Gasteiger partial charge in [0.1, 0.15) is 5.60 Å². The maximum atomic E-state index is 13.4.